The molecule has 8 nitrogen and oxygen atoms in total. The van der Waals surface area contributed by atoms with Gasteiger partial charge in [0, 0.05) is 13.1 Å². The topological polar surface area (TPSA) is 113 Å². The van der Waals surface area contributed by atoms with Gasteiger partial charge in [-0.15, -0.1) is 0 Å². The zero-order chi connectivity index (χ0) is 18.7. The molecule has 0 atom stereocenters. The van der Waals surface area contributed by atoms with Crippen molar-refractivity contribution >= 4 is 17.5 Å². The number of carboxylic acids is 1. The predicted molar refractivity (Wildman–Crippen MR) is 86.9 cm³/mol. The fourth-order valence-electron chi connectivity index (χ4n) is 2.05. The molecular weight excluding hydrogens is 348 g/mol. The second-order valence-corrected chi connectivity index (χ2v) is 5.30. The standard InChI is InChI=1S/C16H13F2N5O3/c1-16(17,18)15-22-12(21-9-7-19-20-8-9)11(14(24)25)13(23-15)26-10-5-3-2-4-6-10/h2-8H,1H3,(H,19,20)(H,24,25)(H,21,22,23). The molecule has 0 saturated carbocycles. The van der Waals surface area contributed by atoms with Crippen molar-refractivity contribution in [3.63, 3.8) is 0 Å². The van der Waals surface area contributed by atoms with Crippen LogP contribution in [0.2, 0.25) is 0 Å². The number of hydrogen-bond donors (Lipinski definition) is 3. The van der Waals surface area contributed by atoms with Gasteiger partial charge in [0.2, 0.25) is 11.7 Å². The fourth-order valence-corrected chi connectivity index (χ4v) is 2.05. The SMILES string of the molecule is CC(F)(F)c1nc(Nc2cn[nH]c2)c(C(=O)O)c(Oc2ccccc2)n1. The highest BCUT2D eigenvalue weighted by atomic mass is 19.3. The molecule has 0 fully saturated rings. The summed E-state index contributed by atoms with van der Waals surface area (Å²) in [6, 6.07) is 8.11. The number of para-hydroxylation sites is 1. The molecule has 3 aromatic rings. The van der Waals surface area contributed by atoms with Crippen molar-refractivity contribution in [3.05, 3.63) is 54.1 Å². The number of rotatable bonds is 6. The largest absolute Gasteiger partial charge is 0.477 e. The van der Waals surface area contributed by atoms with Gasteiger partial charge in [-0.3, -0.25) is 5.10 Å². The normalized spacial score (nSPS) is 11.2. The molecular formula is C16H13F2N5O3. The van der Waals surface area contributed by atoms with Crippen molar-refractivity contribution in [1.29, 1.82) is 0 Å². The van der Waals surface area contributed by atoms with E-state index in [1.54, 1.807) is 30.3 Å². The van der Waals surface area contributed by atoms with E-state index < -0.39 is 29.2 Å². The van der Waals surface area contributed by atoms with E-state index >= 15 is 0 Å². The molecule has 0 radical (unpaired) electrons. The van der Waals surface area contributed by atoms with Crippen molar-refractivity contribution in [2.75, 3.05) is 5.32 Å². The zero-order valence-corrected chi connectivity index (χ0v) is 13.4. The lowest BCUT2D eigenvalue weighted by Gasteiger charge is -2.16. The number of aromatic amines is 1. The Morgan fingerprint density at radius 3 is 2.58 bits per heavy atom. The van der Waals surface area contributed by atoms with Crippen LogP contribution < -0.4 is 10.1 Å². The number of aromatic carboxylic acids is 1. The van der Waals surface area contributed by atoms with Gasteiger partial charge in [-0.05, 0) is 12.1 Å². The smallest absolute Gasteiger partial charge is 0.345 e. The van der Waals surface area contributed by atoms with Crippen LogP contribution in [0.4, 0.5) is 20.3 Å². The van der Waals surface area contributed by atoms with E-state index in [1.165, 1.54) is 12.4 Å². The maximum absolute atomic E-state index is 13.8. The molecule has 0 amide bonds. The number of alkyl halides is 2. The lowest BCUT2D eigenvalue weighted by atomic mass is 10.2. The van der Waals surface area contributed by atoms with Gasteiger partial charge in [-0.2, -0.15) is 18.9 Å². The summed E-state index contributed by atoms with van der Waals surface area (Å²) in [6.07, 6.45) is 2.75. The third-order valence-electron chi connectivity index (χ3n) is 3.20. The van der Waals surface area contributed by atoms with Crippen LogP contribution in [0.25, 0.3) is 0 Å². The number of carboxylic acid groups (broad SMARTS) is 1. The first-order valence-corrected chi connectivity index (χ1v) is 7.37. The molecule has 0 bridgehead atoms. The van der Waals surface area contributed by atoms with Crippen LogP contribution in [0.3, 0.4) is 0 Å². The van der Waals surface area contributed by atoms with E-state index in [-0.39, 0.29) is 11.6 Å². The second-order valence-electron chi connectivity index (χ2n) is 5.30. The maximum atomic E-state index is 13.8. The number of halogens is 2. The highest BCUT2D eigenvalue weighted by molar-refractivity contribution is 5.96. The summed E-state index contributed by atoms with van der Waals surface area (Å²) in [7, 11) is 0. The van der Waals surface area contributed by atoms with E-state index in [4.69, 9.17) is 4.74 Å². The third-order valence-corrected chi connectivity index (χ3v) is 3.20. The molecule has 1 aromatic carbocycles. The Balaban J connectivity index is 2.14. The minimum absolute atomic E-state index is 0.244. The minimum atomic E-state index is -3.40. The Bertz CT molecular complexity index is 912. The van der Waals surface area contributed by atoms with Crippen LogP contribution in [0.5, 0.6) is 11.6 Å². The van der Waals surface area contributed by atoms with E-state index in [2.05, 4.69) is 25.5 Å². The molecule has 0 unspecified atom stereocenters. The van der Waals surface area contributed by atoms with Gasteiger partial charge in [-0.25, -0.2) is 9.78 Å². The van der Waals surface area contributed by atoms with Crippen LogP contribution in [-0.2, 0) is 5.92 Å². The number of nitrogens with one attached hydrogen (secondary N) is 2. The lowest BCUT2D eigenvalue weighted by molar-refractivity contribution is 0.00717. The van der Waals surface area contributed by atoms with Crippen LogP contribution in [0.15, 0.2) is 42.7 Å². The number of anilines is 2. The molecule has 2 heterocycles. The molecule has 2 aromatic heterocycles. The number of nitrogens with zero attached hydrogens (tertiary/aromatic N) is 3. The Hall–Kier alpha value is -3.56. The molecule has 10 heteroatoms. The molecule has 0 spiro atoms. The van der Waals surface area contributed by atoms with Gasteiger partial charge >= 0.3 is 11.9 Å². The first kappa shape index (κ1) is 17.3. The molecule has 134 valence electrons. The number of H-pyrrole nitrogens is 1. The van der Waals surface area contributed by atoms with Crippen LogP contribution in [-0.4, -0.2) is 31.2 Å². The highest BCUT2D eigenvalue weighted by Crippen LogP contribution is 2.33. The number of aromatic nitrogens is 4. The number of benzene rings is 1. The van der Waals surface area contributed by atoms with E-state index in [9.17, 15) is 18.7 Å². The summed E-state index contributed by atoms with van der Waals surface area (Å²) in [4.78, 5) is 19.0. The molecule has 26 heavy (non-hydrogen) atoms. The van der Waals surface area contributed by atoms with Gasteiger partial charge in [-0.1, -0.05) is 18.2 Å². The first-order chi connectivity index (χ1) is 12.3. The van der Waals surface area contributed by atoms with E-state index in [1.807, 2.05) is 0 Å². The van der Waals surface area contributed by atoms with Crippen molar-refractivity contribution < 1.29 is 23.4 Å². The summed E-state index contributed by atoms with van der Waals surface area (Å²) in [6.45, 7) is 0.608. The van der Waals surface area contributed by atoms with Gasteiger partial charge in [0.15, 0.2) is 11.4 Å². The van der Waals surface area contributed by atoms with Crippen LogP contribution in [0.1, 0.15) is 23.1 Å². The number of carbonyl (C=O) groups is 1. The zero-order valence-electron chi connectivity index (χ0n) is 13.4. The summed E-state index contributed by atoms with van der Waals surface area (Å²) < 4.78 is 33.0. The molecule has 3 rings (SSSR count). The van der Waals surface area contributed by atoms with Crippen LogP contribution in [0, 0.1) is 0 Å². The second kappa shape index (κ2) is 6.75. The summed E-state index contributed by atoms with van der Waals surface area (Å²) in [5.74, 6) is -6.31. The number of ether oxygens (including phenoxy) is 1. The number of hydrogen-bond acceptors (Lipinski definition) is 6. The van der Waals surface area contributed by atoms with E-state index in [0.29, 0.717) is 12.6 Å². The average molecular weight is 361 g/mol. The van der Waals surface area contributed by atoms with Gasteiger partial charge < -0.3 is 15.2 Å². The summed E-state index contributed by atoms with van der Waals surface area (Å²) in [5.41, 5.74) is -0.148. The quantitative estimate of drug-likeness (QED) is 0.615. The molecule has 0 aliphatic heterocycles. The molecule has 3 N–H and O–H groups in total. The van der Waals surface area contributed by atoms with Gasteiger partial charge in [0.05, 0.1) is 11.9 Å². The van der Waals surface area contributed by atoms with Crippen molar-refractivity contribution in [2.24, 2.45) is 0 Å². The first-order valence-electron chi connectivity index (χ1n) is 7.37. The minimum Gasteiger partial charge on any atom is -0.477 e. The third kappa shape index (κ3) is 3.74. The Labute approximate surface area is 145 Å². The summed E-state index contributed by atoms with van der Waals surface area (Å²) in [5, 5.41) is 18.4. The monoisotopic (exact) mass is 361 g/mol. The maximum Gasteiger partial charge on any atom is 0.345 e. The van der Waals surface area contributed by atoms with Gasteiger partial charge in [0.1, 0.15) is 5.75 Å². The Morgan fingerprint density at radius 1 is 1.27 bits per heavy atom. The highest BCUT2D eigenvalue weighted by Gasteiger charge is 2.33. The van der Waals surface area contributed by atoms with Crippen molar-refractivity contribution in [2.45, 2.75) is 12.8 Å². The average Bonchev–Trinajstić information content (AvgIpc) is 3.07. The molecule has 0 aliphatic carbocycles. The Morgan fingerprint density at radius 2 is 2.00 bits per heavy atom. The van der Waals surface area contributed by atoms with E-state index in [0.717, 1.165) is 0 Å². The predicted octanol–water partition coefficient (Wildman–Crippen LogP) is 3.55. The van der Waals surface area contributed by atoms with Gasteiger partial charge in [0.25, 0.3) is 0 Å². The molecule has 0 aliphatic rings. The van der Waals surface area contributed by atoms with Crippen molar-refractivity contribution in [1.82, 2.24) is 20.2 Å². The Kier molecular flexibility index (Phi) is 4.48. The van der Waals surface area contributed by atoms with Crippen LogP contribution >= 0.6 is 0 Å². The fraction of sp³-hybridized carbons (Fsp3) is 0.125. The lowest BCUT2D eigenvalue weighted by Crippen LogP contribution is -2.18. The summed E-state index contributed by atoms with van der Waals surface area (Å²) >= 11 is 0. The molecule has 0 saturated heterocycles. The van der Waals surface area contributed by atoms with Crippen molar-refractivity contribution in [3.8, 4) is 11.6 Å².